The van der Waals surface area contributed by atoms with Gasteiger partial charge in [0, 0.05) is 25.7 Å². The van der Waals surface area contributed by atoms with Crippen LogP contribution in [0.25, 0.3) is 0 Å². The van der Waals surface area contributed by atoms with Crippen LogP contribution in [0.4, 0.5) is 0 Å². The van der Waals surface area contributed by atoms with Gasteiger partial charge in [-0.3, -0.25) is 37.3 Å². The molecule has 3 N–H and O–H groups in total. The Morgan fingerprint density at radius 2 is 0.519 bits per heavy atom. The first kappa shape index (κ1) is 98.4. The van der Waals surface area contributed by atoms with Crippen molar-refractivity contribution < 1.29 is 80.2 Å². The van der Waals surface area contributed by atoms with Gasteiger partial charge in [-0.25, -0.2) is 9.13 Å². The molecule has 0 heterocycles. The molecule has 0 saturated heterocycles. The average molecular weight is 1490 g/mol. The maximum absolute atomic E-state index is 13.1. The molecule has 5 atom stereocenters. The molecule has 0 fully saturated rings. The summed E-state index contributed by atoms with van der Waals surface area (Å²) in [7, 11) is -10.00. The van der Waals surface area contributed by atoms with Gasteiger partial charge in [-0.1, -0.05) is 275 Å². The molecule has 0 aromatic carbocycles. The standard InChI is InChI=1S/C85H138O17P2/c1-5-9-13-17-21-25-29-32-35-37-39-41-44-46-50-53-57-61-65-69-82(87)95-75-80(101-84(89)71-67-63-59-55-49-28-24-20-16-12-8-4)77-99-103(91,92)97-73-79(86)74-98-104(93,94)100-78-81(102-85(90)72-68-64-60-56-52-48-43-34-31-27-23-19-15-11-7-3)76-96-83(88)70-66-62-58-54-51-47-45-42-40-38-36-33-30-26-22-18-14-10-6-2/h9-11,13-15,20-27,32-36,39-43,46,50,57,61,79-81,86H,5-8,12,16-19,28-31,37-38,44-45,47-49,51-56,58-60,62-78H2,1-4H3,(H,91,92)(H,93,94)/b13-9-,14-10-,15-11-,24-20-,25-21-,26-22-,27-23-,35-32-,36-33-,41-39-,42-40-,43-34-,50-46-,61-57-. The molecule has 5 unspecified atom stereocenters. The Hall–Kier alpha value is -5.58. The highest BCUT2D eigenvalue weighted by Crippen LogP contribution is 2.45. The summed E-state index contributed by atoms with van der Waals surface area (Å²) >= 11 is 0. The minimum atomic E-state index is -5.00. The predicted octanol–water partition coefficient (Wildman–Crippen LogP) is 23.0. The molecule has 19 heteroatoms. The van der Waals surface area contributed by atoms with E-state index in [-0.39, 0.29) is 25.7 Å². The average Bonchev–Trinajstić information content (AvgIpc) is 0.931. The van der Waals surface area contributed by atoms with Gasteiger partial charge in [-0.15, -0.1) is 0 Å². The van der Waals surface area contributed by atoms with Crippen LogP contribution in [0, 0.1) is 0 Å². The van der Waals surface area contributed by atoms with Crippen LogP contribution in [0.5, 0.6) is 0 Å². The van der Waals surface area contributed by atoms with E-state index in [1.165, 1.54) is 6.42 Å². The first-order valence-corrected chi connectivity index (χ1v) is 42.4. The van der Waals surface area contributed by atoms with Crippen molar-refractivity contribution in [3.05, 3.63) is 170 Å². The minimum Gasteiger partial charge on any atom is -0.462 e. The maximum atomic E-state index is 13.1. The van der Waals surface area contributed by atoms with Gasteiger partial charge in [0.15, 0.2) is 12.2 Å². The second-order valence-electron chi connectivity index (χ2n) is 25.5. The summed E-state index contributed by atoms with van der Waals surface area (Å²) in [4.78, 5) is 72.9. The van der Waals surface area contributed by atoms with Crippen molar-refractivity contribution in [3.8, 4) is 0 Å². The Bertz CT molecular complexity index is 2640. The van der Waals surface area contributed by atoms with Crippen molar-refractivity contribution in [2.24, 2.45) is 0 Å². The van der Waals surface area contributed by atoms with Crippen LogP contribution in [0.15, 0.2) is 170 Å². The van der Waals surface area contributed by atoms with E-state index < -0.39 is 97.5 Å². The zero-order chi connectivity index (χ0) is 76.0. The minimum absolute atomic E-state index is 0.0292. The fourth-order valence-corrected chi connectivity index (χ4v) is 11.3. The topological polar surface area (TPSA) is 237 Å². The molecule has 0 aromatic rings. The molecule has 17 nitrogen and oxygen atoms in total. The summed E-state index contributed by atoms with van der Waals surface area (Å²) in [6, 6.07) is 0. The summed E-state index contributed by atoms with van der Waals surface area (Å²) in [5, 5.41) is 10.6. The predicted molar refractivity (Wildman–Crippen MR) is 426 cm³/mol. The number of rotatable bonds is 72. The highest BCUT2D eigenvalue weighted by molar-refractivity contribution is 7.47. The second-order valence-corrected chi connectivity index (χ2v) is 28.4. The number of unbranched alkanes of at least 4 members (excludes halogenated alkanes) is 18. The lowest BCUT2D eigenvalue weighted by atomic mass is 10.1. The van der Waals surface area contributed by atoms with Crippen LogP contribution in [0.3, 0.4) is 0 Å². The summed E-state index contributed by atoms with van der Waals surface area (Å²) in [6.45, 7) is 4.34. The van der Waals surface area contributed by atoms with Gasteiger partial charge in [0.1, 0.15) is 19.3 Å². The number of phosphoric acid groups is 2. The number of hydrogen-bond donors (Lipinski definition) is 3. The van der Waals surface area contributed by atoms with Gasteiger partial charge in [-0.2, -0.15) is 0 Å². The van der Waals surface area contributed by atoms with Crippen molar-refractivity contribution in [2.45, 2.75) is 303 Å². The van der Waals surface area contributed by atoms with Gasteiger partial charge >= 0.3 is 39.5 Å². The van der Waals surface area contributed by atoms with Gasteiger partial charge in [0.25, 0.3) is 0 Å². The van der Waals surface area contributed by atoms with Crippen molar-refractivity contribution in [2.75, 3.05) is 39.6 Å². The van der Waals surface area contributed by atoms with Crippen LogP contribution in [-0.4, -0.2) is 96.7 Å². The van der Waals surface area contributed by atoms with Crippen molar-refractivity contribution in [3.63, 3.8) is 0 Å². The molecule has 0 saturated carbocycles. The van der Waals surface area contributed by atoms with Crippen LogP contribution in [0.1, 0.15) is 285 Å². The molecule has 0 aliphatic rings. The Morgan fingerprint density at radius 1 is 0.279 bits per heavy atom. The van der Waals surface area contributed by atoms with E-state index in [9.17, 15) is 43.2 Å². The first-order chi connectivity index (χ1) is 50.7. The number of aliphatic hydroxyl groups is 1. The van der Waals surface area contributed by atoms with Gasteiger partial charge in [-0.05, 0) is 154 Å². The van der Waals surface area contributed by atoms with E-state index in [0.29, 0.717) is 32.1 Å². The second kappa shape index (κ2) is 75.6. The molecule has 0 rings (SSSR count). The lowest BCUT2D eigenvalue weighted by molar-refractivity contribution is -0.161. The zero-order valence-electron chi connectivity index (χ0n) is 64.4. The quantitative estimate of drug-likeness (QED) is 0.0169. The number of carbonyl (C=O) groups excluding carboxylic acids is 4. The highest BCUT2D eigenvalue weighted by Gasteiger charge is 2.30. The summed E-state index contributed by atoms with van der Waals surface area (Å²) in [5.41, 5.74) is 0. The van der Waals surface area contributed by atoms with Gasteiger partial charge < -0.3 is 33.8 Å². The summed E-state index contributed by atoms with van der Waals surface area (Å²) < 4.78 is 68.4. The monoisotopic (exact) mass is 1490 g/mol. The van der Waals surface area contributed by atoms with Crippen molar-refractivity contribution >= 4 is 39.5 Å². The van der Waals surface area contributed by atoms with Crippen LogP contribution in [0.2, 0.25) is 0 Å². The molecule has 104 heavy (non-hydrogen) atoms. The smallest absolute Gasteiger partial charge is 0.462 e. The van der Waals surface area contributed by atoms with E-state index in [1.54, 1.807) is 0 Å². The number of carbonyl (C=O) groups is 4. The third kappa shape index (κ3) is 74.7. The maximum Gasteiger partial charge on any atom is 0.472 e. The van der Waals surface area contributed by atoms with Crippen LogP contribution < -0.4 is 0 Å². The molecule has 0 radical (unpaired) electrons. The number of hydrogen-bond acceptors (Lipinski definition) is 15. The van der Waals surface area contributed by atoms with Crippen molar-refractivity contribution in [1.82, 2.24) is 0 Å². The largest absolute Gasteiger partial charge is 0.472 e. The molecule has 0 aliphatic heterocycles. The molecule has 590 valence electrons. The molecule has 0 amide bonds. The third-order valence-electron chi connectivity index (χ3n) is 15.7. The Balaban J connectivity index is 5.42. The third-order valence-corrected chi connectivity index (χ3v) is 17.6. The van der Waals surface area contributed by atoms with Crippen LogP contribution in [-0.2, 0) is 65.4 Å². The first-order valence-electron chi connectivity index (χ1n) is 39.4. The molecular formula is C85H138O17P2. The van der Waals surface area contributed by atoms with E-state index in [0.717, 1.165) is 193 Å². The van der Waals surface area contributed by atoms with E-state index >= 15 is 0 Å². The van der Waals surface area contributed by atoms with Gasteiger partial charge in [0.2, 0.25) is 0 Å². The number of esters is 4. The summed E-state index contributed by atoms with van der Waals surface area (Å²) in [5.74, 6) is -2.33. The number of aliphatic hydroxyl groups excluding tert-OH is 1. The Morgan fingerprint density at radius 3 is 0.837 bits per heavy atom. The van der Waals surface area contributed by atoms with E-state index in [2.05, 4.69) is 180 Å². The molecule has 0 spiro atoms. The fourth-order valence-electron chi connectivity index (χ4n) is 9.76. The van der Waals surface area contributed by atoms with E-state index in [4.69, 9.17) is 37.0 Å². The normalized spacial score (nSPS) is 14.8. The number of allylic oxidation sites excluding steroid dienone is 28. The lowest BCUT2D eigenvalue weighted by Crippen LogP contribution is -2.30. The highest BCUT2D eigenvalue weighted by atomic mass is 31.2. The SMILES string of the molecule is CC/C=C\C/C=C\C/C=C\C/C=C\C/C=C\C/C=C\CCC(=O)OCC(COP(=O)(O)OCC(O)COP(=O)(O)OCC(COC(=O)CCCCCCCC/C=C\C/C=C\C/C=C\C/C=C\CC)OC(=O)CCCCCCC/C=C\C/C=C\C/C=C\CC)OC(=O)CCCCCCC/C=C\CCCC. The Labute approximate surface area is 629 Å². The van der Waals surface area contributed by atoms with Crippen molar-refractivity contribution in [1.29, 1.82) is 0 Å². The van der Waals surface area contributed by atoms with Gasteiger partial charge in [0.05, 0.1) is 26.4 Å². The van der Waals surface area contributed by atoms with Crippen LogP contribution >= 0.6 is 15.6 Å². The molecule has 0 aromatic heterocycles. The fraction of sp³-hybridized carbons (Fsp3) is 0.624. The number of phosphoric ester groups is 2. The molecular weight excluding hydrogens is 1350 g/mol. The zero-order valence-corrected chi connectivity index (χ0v) is 66.2. The Kier molecular flexibility index (Phi) is 71.6. The van der Waals surface area contributed by atoms with E-state index in [1.807, 2.05) is 18.2 Å². The molecule has 0 aliphatic carbocycles. The summed E-state index contributed by atoms with van der Waals surface area (Å²) in [6.07, 6.45) is 89.3. The number of ether oxygens (including phenoxy) is 4. The molecule has 0 bridgehead atoms. The lowest BCUT2D eigenvalue weighted by Gasteiger charge is -2.21.